The Balaban J connectivity index is 1.67. The highest BCUT2D eigenvalue weighted by atomic mass is 35.5. The highest BCUT2D eigenvalue weighted by Crippen LogP contribution is 2.26. The SMILES string of the molecule is O=c1cc(CCl)oc(CN2CCN(c3ccccc3Cl)CC2)c1O. The summed E-state index contributed by atoms with van der Waals surface area (Å²) in [5, 5.41) is 10.7. The number of anilines is 1. The minimum absolute atomic E-state index is 0.100. The van der Waals surface area contributed by atoms with Gasteiger partial charge in [-0.2, -0.15) is 0 Å². The third kappa shape index (κ3) is 3.69. The van der Waals surface area contributed by atoms with E-state index in [4.69, 9.17) is 27.6 Å². The molecule has 0 bridgehead atoms. The lowest BCUT2D eigenvalue weighted by Crippen LogP contribution is -2.46. The van der Waals surface area contributed by atoms with Gasteiger partial charge in [0, 0.05) is 32.2 Å². The molecular weight excluding hydrogens is 351 g/mol. The second-order valence-corrected chi connectivity index (χ2v) is 6.37. The number of hydrogen-bond donors (Lipinski definition) is 1. The number of alkyl halides is 1. The van der Waals surface area contributed by atoms with Crippen LogP contribution in [0.15, 0.2) is 39.5 Å². The number of piperazine rings is 1. The lowest BCUT2D eigenvalue weighted by molar-refractivity contribution is 0.220. The van der Waals surface area contributed by atoms with Crippen molar-refractivity contribution in [2.75, 3.05) is 31.1 Å². The summed E-state index contributed by atoms with van der Waals surface area (Å²) in [4.78, 5) is 16.1. The Hall–Kier alpha value is -1.69. The number of nitrogens with zero attached hydrogens (tertiary/aromatic N) is 2. The molecule has 1 saturated heterocycles. The Labute approximate surface area is 150 Å². The van der Waals surface area contributed by atoms with Crippen LogP contribution in [-0.4, -0.2) is 36.2 Å². The van der Waals surface area contributed by atoms with Crippen molar-refractivity contribution in [3.63, 3.8) is 0 Å². The van der Waals surface area contributed by atoms with Gasteiger partial charge in [0.1, 0.15) is 5.76 Å². The van der Waals surface area contributed by atoms with Gasteiger partial charge in [-0.1, -0.05) is 23.7 Å². The van der Waals surface area contributed by atoms with Crippen molar-refractivity contribution < 1.29 is 9.52 Å². The van der Waals surface area contributed by atoms with Crippen LogP contribution in [0.3, 0.4) is 0 Å². The van der Waals surface area contributed by atoms with E-state index in [1.54, 1.807) is 0 Å². The fourth-order valence-electron chi connectivity index (χ4n) is 2.82. The van der Waals surface area contributed by atoms with E-state index in [2.05, 4.69) is 9.80 Å². The zero-order chi connectivity index (χ0) is 17.1. The molecule has 1 fully saturated rings. The van der Waals surface area contributed by atoms with E-state index in [0.29, 0.717) is 12.3 Å². The van der Waals surface area contributed by atoms with Crippen molar-refractivity contribution >= 4 is 28.9 Å². The molecule has 0 radical (unpaired) electrons. The first kappa shape index (κ1) is 17.1. The van der Waals surface area contributed by atoms with E-state index in [9.17, 15) is 9.90 Å². The molecule has 3 rings (SSSR count). The van der Waals surface area contributed by atoms with E-state index in [1.807, 2.05) is 24.3 Å². The first-order chi connectivity index (χ1) is 11.6. The zero-order valence-corrected chi connectivity index (χ0v) is 14.6. The maximum absolute atomic E-state index is 11.7. The van der Waals surface area contributed by atoms with Crippen molar-refractivity contribution in [1.82, 2.24) is 4.90 Å². The molecule has 128 valence electrons. The van der Waals surface area contributed by atoms with Crippen LogP contribution in [0.4, 0.5) is 5.69 Å². The first-order valence-corrected chi connectivity index (χ1v) is 8.62. The smallest absolute Gasteiger partial charge is 0.227 e. The average molecular weight is 369 g/mol. The first-order valence-electron chi connectivity index (χ1n) is 7.71. The lowest BCUT2D eigenvalue weighted by atomic mass is 10.2. The zero-order valence-electron chi connectivity index (χ0n) is 13.0. The predicted octanol–water partition coefficient (Wildman–Crippen LogP) is 3.06. The molecule has 1 aromatic heterocycles. The van der Waals surface area contributed by atoms with E-state index in [1.165, 1.54) is 6.07 Å². The molecule has 24 heavy (non-hydrogen) atoms. The summed E-state index contributed by atoms with van der Waals surface area (Å²) >= 11 is 12.0. The summed E-state index contributed by atoms with van der Waals surface area (Å²) in [6.07, 6.45) is 0. The van der Waals surface area contributed by atoms with Gasteiger partial charge in [-0.05, 0) is 12.1 Å². The van der Waals surface area contributed by atoms with Crippen LogP contribution in [0.1, 0.15) is 11.5 Å². The third-order valence-corrected chi connectivity index (χ3v) is 4.69. The molecule has 1 N–H and O–H groups in total. The Morgan fingerprint density at radius 1 is 1.17 bits per heavy atom. The highest BCUT2D eigenvalue weighted by molar-refractivity contribution is 6.33. The molecular formula is C17H18Cl2N2O3. The van der Waals surface area contributed by atoms with Crippen LogP contribution >= 0.6 is 23.2 Å². The van der Waals surface area contributed by atoms with Crippen LogP contribution in [0.25, 0.3) is 0 Å². The van der Waals surface area contributed by atoms with Crippen LogP contribution in [0.2, 0.25) is 5.02 Å². The van der Waals surface area contributed by atoms with Gasteiger partial charge in [0.15, 0.2) is 5.76 Å². The fraction of sp³-hybridized carbons (Fsp3) is 0.353. The molecule has 5 nitrogen and oxygen atoms in total. The molecule has 1 aliphatic heterocycles. The normalized spacial score (nSPS) is 15.7. The van der Waals surface area contributed by atoms with Crippen molar-refractivity contribution in [1.29, 1.82) is 0 Å². The molecule has 2 aromatic rings. The van der Waals surface area contributed by atoms with Crippen LogP contribution in [0.5, 0.6) is 5.75 Å². The standard InChI is InChI=1S/C17H18Cl2N2O3/c18-10-12-9-15(22)17(23)16(24-12)11-20-5-7-21(8-6-20)14-4-2-1-3-13(14)19/h1-4,9,23H,5-8,10-11H2. The summed E-state index contributed by atoms with van der Waals surface area (Å²) in [6, 6.07) is 9.00. The maximum atomic E-state index is 11.7. The van der Waals surface area contributed by atoms with Crippen molar-refractivity contribution in [2.24, 2.45) is 0 Å². The molecule has 1 aromatic carbocycles. The minimum atomic E-state index is -0.457. The van der Waals surface area contributed by atoms with Gasteiger partial charge < -0.3 is 14.4 Å². The minimum Gasteiger partial charge on any atom is -0.502 e. The van der Waals surface area contributed by atoms with E-state index in [-0.39, 0.29) is 17.4 Å². The summed E-state index contributed by atoms with van der Waals surface area (Å²) in [5.41, 5.74) is 0.568. The average Bonchev–Trinajstić information content (AvgIpc) is 2.60. The van der Waals surface area contributed by atoms with Gasteiger partial charge in [0.25, 0.3) is 0 Å². The van der Waals surface area contributed by atoms with Gasteiger partial charge in [0.2, 0.25) is 11.2 Å². The van der Waals surface area contributed by atoms with Gasteiger partial charge in [-0.15, -0.1) is 11.6 Å². The molecule has 0 unspecified atom stereocenters. The van der Waals surface area contributed by atoms with Gasteiger partial charge >= 0.3 is 0 Å². The number of hydrogen-bond acceptors (Lipinski definition) is 5. The molecule has 0 aliphatic carbocycles. The van der Waals surface area contributed by atoms with Gasteiger partial charge in [0.05, 0.1) is 23.1 Å². The molecule has 1 aliphatic rings. The van der Waals surface area contributed by atoms with E-state index >= 15 is 0 Å². The number of rotatable bonds is 4. The Morgan fingerprint density at radius 2 is 1.88 bits per heavy atom. The lowest BCUT2D eigenvalue weighted by Gasteiger charge is -2.36. The van der Waals surface area contributed by atoms with Crippen molar-refractivity contribution in [2.45, 2.75) is 12.4 Å². The highest BCUT2D eigenvalue weighted by Gasteiger charge is 2.21. The monoisotopic (exact) mass is 368 g/mol. The Kier molecular flexibility index (Phi) is 5.33. The summed E-state index contributed by atoms with van der Waals surface area (Å²) < 4.78 is 5.51. The Bertz CT molecular complexity index is 771. The number of aromatic hydroxyl groups is 1. The van der Waals surface area contributed by atoms with Crippen LogP contribution < -0.4 is 10.3 Å². The van der Waals surface area contributed by atoms with Crippen molar-refractivity contribution in [3.8, 4) is 5.75 Å². The maximum Gasteiger partial charge on any atom is 0.227 e. The predicted molar refractivity (Wildman–Crippen MR) is 95.1 cm³/mol. The third-order valence-electron chi connectivity index (χ3n) is 4.11. The molecule has 2 heterocycles. The van der Waals surface area contributed by atoms with Crippen LogP contribution in [-0.2, 0) is 12.4 Å². The Morgan fingerprint density at radius 3 is 2.54 bits per heavy atom. The molecule has 0 spiro atoms. The van der Waals surface area contributed by atoms with E-state index < -0.39 is 5.43 Å². The number of halogens is 2. The largest absolute Gasteiger partial charge is 0.502 e. The summed E-state index contributed by atoms with van der Waals surface area (Å²) in [6.45, 7) is 3.55. The number of benzene rings is 1. The fourth-order valence-corrected chi connectivity index (χ4v) is 3.21. The summed E-state index contributed by atoms with van der Waals surface area (Å²) in [5.74, 6) is 0.397. The molecule has 0 saturated carbocycles. The number of para-hydroxylation sites is 1. The van der Waals surface area contributed by atoms with Crippen LogP contribution in [0, 0.1) is 0 Å². The van der Waals surface area contributed by atoms with Gasteiger partial charge in [-0.25, -0.2) is 0 Å². The topological polar surface area (TPSA) is 56.9 Å². The second kappa shape index (κ2) is 7.47. The van der Waals surface area contributed by atoms with Gasteiger partial charge in [-0.3, -0.25) is 9.69 Å². The van der Waals surface area contributed by atoms with E-state index in [0.717, 1.165) is 36.9 Å². The summed E-state index contributed by atoms with van der Waals surface area (Å²) in [7, 11) is 0. The van der Waals surface area contributed by atoms with Crippen molar-refractivity contribution in [3.05, 3.63) is 57.1 Å². The quantitative estimate of drug-likeness (QED) is 0.840. The molecule has 0 amide bonds. The second-order valence-electron chi connectivity index (χ2n) is 5.70. The molecule has 7 heteroatoms. The molecule has 0 atom stereocenters.